The SMILES string of the molecule is O=C(O)CC(O)(CC(=O)O)C(=O)O.O=C(O)CCC(=O)C(=O)O.O=C(O)CCC(=O)O. The van der Waals surface area contributed by atoms with Crippen LogP contribution in [0.4, 0.5) is 0 Å². The Kier molecular flexibility index (Phi) is 16.1. The van der Waals surface area contributed by atoms with Crippen LogP contribution in [-0.4, -0.2) is 94.0 Å². The second-order valence-electron chi connectivity index (χ2n) is 5.39. The molecule has 0 aromatic rings. The maximum absolute atomic E-state index is 10.3. The van der Waals surface area contributed by atoms with Gasteiger partial charge < -0.3 is 40.9 Å². The first kappa shape index (κ1) is 31.6. The van der Waals surface area contributed by atoms with Crippen molar-refractivity contribution in [3.05, 3.63) is 0 Å². The average molecular weight is 456 g/mol. The lowest BCUT2D eigenvalue weighted by Crippen LogP contribution is -2.42. The summed E-state index contributed by atoms with van der Waals surface area (Å²) in [5.74, 6) is -11.0. The number of Topliss-reactive ketones (excluding diaryl/α,β-unsaturated/α-hetero) is 1. The summed E-state index contributed by atoms with van der Waals surface area (Å²) in [7, 11) is 0. The molecule has 0 aliphatic carbocycles. The normalized spacial score (nSPS) is 9.58. The Morgan fingerprint density at radius 3 is 0.968 bits per heavy atom. The van der Waals surface area contributed by atoms with Gasteiger partial charge in [0.1, 0.15) is 0 Å². The van der Waals surface area contributed by atoms with E-state index in [0.717, 1.165) is 0 Å². The third-order valence-electron chi connectivity index (χ3n) is 2.64. The summed E-state index contributed by atoms with van der Waals surface area (Å²) in [5.41, 5.74) is -2.74. The molecular formula is C15H20O16. The Morgan fingerprint density at radius 1 is 0.484 bits per heavy atom. The van der Waals surface area contributed by atoms with E-state index in [1.54, 1.807) is 0 Å². The summed E-state index contributed by atoms with van der Waals surface area (Å²) < 4.78 is 0. The van der Waals surface area contributed by atoms with Gasteiger partial charge in [-0.1, -0.05) is 0 Å². The number of hydrogen-bond acceptors (Lipinski definition) is 9. The fourth-order valence-corrected chi connectivity index (χ4v) is 1.26. The third-order valence-corrected chi connectivity index (χ3v) is 2.64. The van der Waals surface area contributed by atoms with Crippen LogP contribution in [-0.2, 0) is 38.4 Å². The zero-order valence-electron chi connectivity index (χ0n) is 15.6. The van der Waals surface area contributed by atoms with E-state index in [0.29, 0.717) is 0 Å². The minimum atomic E-state index is -2.74. The first-order valence-electron chi connectivity index (χ1n) is 7.75. The van der Waals surface area contributed by atoms with Gasteiger partial charge in [0.2, 0.25) is 5.78 Å². The van der Waals surface area contributed by atoms with Crippen molar-refractivity contribution in [2.75, 3.05) is 0 Å². The van der Waals surface area contributed by atoms with Gasteiger partial charge in [0.05, 0.1) is 32.1 Å². The monoisotopic (exact) mass is 456 g/mol. The molecule has 8 N–H and O–H groups in total. The van der Waals surface area contributed by atoms with Crippen LogP contribution in [0.25, 0.3) is 0 Å². The maximum atomic E-state index is 10.3. The molecule has 0 saturated heterocycles. The first-order valence-corrected chi connectivity index (χ1v) is 7.75. The van der Waals surface area contributed by atoms with Crippen molar-refractivity contribution in [3.8, 4) is 0 Å². The maximum Gasteiger partial charge on any atom is 0.372 e. The predicted octanol–water partition coefficient (Wildman–Crippen LogP) is -1.81. The second kappa shape index (κ2) is 15.8. The number of aliphatic hydroxyl groups is 1. The van der Waals surface area contributed by atoms with Gasteiger partial charge in [-0.05, 0) is 0 Å². The summed E-state index contributed by atoms with van der Waals surface area (Å²) in [4.78, 5) is 79.5. The third kappa shape index (κ3) is 22.1. The lowest BCUT2D eigenvalue weighted by Gasteiger charge is -2.18. The molecule has 0 aliphatic rings. The van der Waals surface area contributed by atoms with Gasteiger partial charge in [-0.2, -0.15) is 0 Å². The molecule has 0 saturated carbocycles. The van der Waals surface area contributed by atoms with Crippen molar-refractivity contribution in [3.63, 3.8) is 0 Å². The molecule has 16 heteroatoms. The molecule has 0 aliphatic heterocycles. The Bertz CT molecular complexity index is 676. The molecule has 0 aromatic heterocycles. The molecule has 0 radical (unpaired) electrons. The van der Waals surface area contributed by atoms with Crippen molar-refractivity contribution in [2.24, 2.45) is 0 Å². The Balaban J connectivity index is -0.000000392. The summed E-state index contributed by atoms with van der Waals surface area (Å²) in [6.07, 6.45) is -3.75. The molecule has 16 nitrogen and oxygen atoms in total. The van der Waals surface area contributed by atoms with Crippen molar-refractivity contribution >= 4 is 47.6 Å². The van der Waals surface area contributed by atoms with Crippen LogP contribution in [0.2, 0.25) is 0 Å². The molecule has 0 aromatic carbocycles. The summed E-state index contributed by atoms with van der Waals surface area (Å²) in [6, 6.07) is 0. The van der Waals surface area contributed by atoms with Crippen LogP contribution in [0.3, 0.4) is 0 Å². The minimum absolute atomic E-state index is 0.296. The van der Waals surface area contributed by atoms with Crippen molar-refractivity contribution in [1.82, 2.24) is 0 Å². The van der Waals surface area contributed by atoms with Gasteiger partial charge in [0, 0.05) is 6.42 Å². The fourth-order valence-electron chi connectivity index (χ4n) is 1.26. The highest BCUT2D eigenvalue weighted by Gasteiger charge is 2.40. The summed E-state index contributed by atoms with van der Waals surface area (Å²) in [5, 5.41) is 65.6. The van der Waals surface area contributed by atoms with E-state index >= 15 is 0 Å². The van der Waals surface area contributed by atoms with Crippen molar-refractivity contribution in [2.45, 2.75) is 44.1 Å². The summed E-state index contributed by atoms with van der Waals surface area (Å²) in [6.45, 7) is 0. The molecule has 0 rings (SSSR count). The van der Waals surface area contributed by atoms with E-state index in [1.165, 1.54) is 0 Å². The molecule has 0 bridgehead atoms. The number of hydrogen-bond donors (Lipinski definition) is 8. The van der Waals surface area contributed by atoms with Crippen LogP contribution >= 0.6 is 0 Å². The van der Waals surface area contributed by atoms with Gasteiger partial charge in [0.15, 0.2) is 5.60 Å². The highest BCUT2D eigenvalue weighted by molar-refractivity contribution is 6.32. The van der Waals surface area contributed by atoms with Gasteiger partial charge in [0.25, 0.3) is 0 Å². The van der Waals surface area contributed by atoms with E-state index in [9.17, 15) is 38.4 Å². The molecule has 31 heavy (non-hydrogen) atoms. The van der Waals surface area contributed by atoms with Gasteiger partial charge >= 0.3 is 41.8 Å². The highest BCUT2D eigenvalue weighted by atomic mass is 16.4. The van der Waals surface area contributed by atoms with E-state index in [4.69, 9.17) is 40.9 Å². The zero-order valence-corrected chi connectivity index (χ0v) is 15.6. The van der Waals surface area contributed by atoms with Crippen molar-refractivity contribution < 1.29 is 79.2 Å². The van der Waals surface area contributed by atoms with Crippen molar-refractivity contribution in [1.29, 1.82) is 0 Å². The lowest BCUT2D eigenvalue weighted by molar-refractivity contribution is -0.170. The predicted molar refractivity (Wildman–Crippen MR) is 91.1 cm³/mol. The largest absolute Gasteiger partial charge is 0.481 e. The standard InChI is InChI=1S/C6H8O7.C5H6O5.C4H6O4/c7-3(8)1-6(13,5(11)12)2-4(9)10;6-3(5(9)10)1-2-4(7)8;5-3(6)1-2-4(7)8/h13H,1-2H2,(H,7,8)(H,9,10)(H,11,12);1-2H2,(H,7,8)(H,9,10);1-2H2,(H,5,6)(H,7,8). The molecule has 0 spiro atoms. The highest BCUT2D eigenvalue weighted by Crippen LogP contribution is 2.15. The molecule has 176 valence electrons. The number of carboxylic acid groups (broad SMARTS) is 7. The lowest BCUT2D eigenvalue weighted by atomic mass is 9.96. The quantitative estimate of drug-likeness (QED) is 0.150. The van der Waals surface area contributed by atoms with Gasteiger partial charge in [-0.25, -0.2) is 9.59 Å². The molecule has 0 unspecified atom stereocenters. The number of carbonyl (C=O) groups is 8. The summed E-state index contributed by atoms with van der Waals surface area (Å²) >= 11 is 0. The number of rotatable bonds is 12. The Morgan fingerprint density at radius 2 is 0.774 bits per heavy atom. The fraction of sp³-hybridized carbons (Fsp3) is 0.467. The van der Waals surface area contributed by atoms with E-state index in [-0.39, 0.29) is 12.8 Å². The smallest absolute Gasteiger partial charge is 0.372 e. The van der Waals surface area contributed by atoms with Gasteiger partial charge in [-0.3, -0.25) is 28.8 Å². The second-order valence-corrected chi connectivity index (χ2v) is 5.39. The number of aliphatic carboxylic acids is 7. The molecular weight excluding hydrogens is 436 g/mol. The Labute approximate surface area is 172 Å². The van der Waals surface area contributed by atoms with Crippen LogP contribution in [0.1, 0.15) is 38.5 Å². The number of carbonyl (C=O) groups excluding carboxylic acids is 1. The van der Waals surface area contributed by atoms with Crippen LogP contribution in [0.15, 0.2) is 0 Å². The van der Waals surface area contributed by atoms with Gasteiger partial charge in [-0.15, -0.1) is 0 Å². The first-order chi connectivity index (χ1) is 13.9. The number of carboxylic acids is 7. The van der Waals surface area contributed by atoms with Crippen LogP contribution in [0, 0.1) is 0 Å². The van der Waals surface area contributed by atoms with E-state index in [2.05, 4.69) is 0 Å². The molecule has 0 atom stereocenters. The number of ketones is 1. The average Bonchev–Trinajstić information content (AvgIpc) is 2.57. The van der Waals surface area contributed by atoms with Crippen LogP contribution in [0.5, 0.6) is 0 Å². The molecule has 0 fully saturated rings. The van der Waals surface area contributed by atoms with E-state index < -0.39 is 78.9 Å². The minimum Gasteiger partial charge on any atom is -0.481 e. The zero-order chi connectivity index (χ0) is 25.4. The topological polar surface area (TPSA) is 298 Å². The molecule has 0 amide bonds. The van der Waals surface area contributed by atoms with Crippen LogP contribution < -0.4 is 0 Å². The Hall–Kier alpha value is -4.08. The molecule has 0 heterocycles. The van der Waals surface area contributed by atoms with E-state index in [1.807, 2.05) is 0 Å².